The van der Waals surface area contributed by atoms with Crippen LogP contribution in [0.2, 0.25) is 0 Å². The number of nitrogens with two attached hydrogens (primary N) is 1. The maximum Gasteiger partial charge on any atom is 0.220 e. The number of carbonyl (C=O) groups excluding carboxylic acids is 1. The monoisotopic (exact) mass is 357 g/mol. The number of halogens is 1. The zero-order chi connectivity index (χ0) is 19.3. The Hall–Kier alpha value is -2.88. The number of nitrogens with one attached hydrogen (secondary N) is 1. The predicted octanol–water partition coefficient (Wildman–Crippen LogP) is 2.95. The largest absolute Gasteiger partial charge is 0.382 e. The van der Waals surface area contributed by atoms with Gasteiger partial charge in [0.05, 0.1) is 11.4 Å². The van der Waals surface area contributed by atoms with E-state index in [4.69, 9.17) is 5.73 Å². The highest BCUT2D eigenvalue weighted by Crippen LogP contribution is 2.22. The van der Waals surface area contributed by atoms with E-state index < -0.39 is 0 Å². The molecule has 1 amide bonds. The lowest BCUT2D eigenvalue weighted by Crippen LogP contribution is -2.28. The number of carbonyl (C=O) groups is 1. The molecule has 138 valence electrons. The summed E-state index contributed by atoms with van der Waals surface area (Å²) in [6.07, 6.45) is 1.62. The van der Waals surface area contributed by atoms with Crippen LogP contribution in [0.1, 0.15) is 44.9 Å². The SMILES string of the molecule is CC(C)(C)CC(=O)NCCCc1nn(-c2ccc(F)cc2)c(N)c1C#N. The molecule has 1 heterocycles. The van der Waals surface area contributed by atoms with E-state index in [-0.39, 0.29) is 23.0 Å². The second kappa shape index (κ2) is 8.00. The van der Waals surface area contributed by atoms with E-state index in [0.717, 1.165) is 0 Å². The number of aryl methyl sites for hydroxylation is 1. The van der Waals surface area contributed by atoms with Gasteiger partial charge in [0, 0.05) is 13.0 Å². The highest BCUT2D eigenvalue weighted by Gasteiger charge is 2.17. The van der Waals surface area contributed by atoms with E-state index in [1.807, 2.05) is 20.8 Å². The standard InChI is InChI=1S/C19H24FN5O/c1-19(2,3)11-17(26)23-10-4-5-16-15(12-21)18(22)25(24-16)14-8-6-13(20)7-9-14/h6-9H,4-5,10-11,22H2,1-3H3,(H,23,26). The number of aromatic nitrogens is 2. The van der Waals surface area contributed by atoms with Crippen molar-refractivity contribution >= 4 is 11.7 Å². The predicted molar refractivity (Wildman–Crippen MR) is 98.1 cm³/mol. The molecular weight excluding hydrogens is 333 g/mol. The van der Waals surface area contributed by atoms with Crippen LogP contribution in [0.4, 0.5) is 10.2 Å². The Labute approximate surface area is 152 Å². The van der Waals surface area contributed by atoms with Gasteiger partial charge in [0.1, 0.15) is 23.3 Å². The summed E-state index contributed by atoms with van der Waals surface area (Å²) in [5, 5.41) is 16.6. The van der Waals surface area contributed by atoms with Crippen molar-refractivity contribution in [3.63, 3.8) is 0 Å². The molecule has 0 unspecified atom stereocenters. The van der Waals surface area contributed by atoms with Gasteiger partial charge in [0.2, 0.25) is 5.91 Å². The molecule has 0 aliphatic carbocycles. The topological polar surface area (TPSA) is 96.7 Å². The molecule has 2 rings (SSSR count). The van der Waals surface area contributed by atoms with Crippen LogP contribution < -0.4 is 11.1 Å². The molecule has 0 radical (unpaired) electrons. The third-order valence-corrected chi connectivity index (χ3v) is 3.78. The van der Waals surface area contributed by atoms with Crippen molar-refractivity contribution in [3.8, 4) is 11.8 Å². The van der Waals surface area contributed by atoms with Crippen LogP contribution in [0.5, 0.6) is 0 Å². The van der Waals surface area contributed by atoms with Crippen LogP contribution in [-0.4, -0.2) is 22.2 Å². The molecule has 7 heteroatoms. The average Bonchev–Trinajstić information content (AvgIpc) is 2.86. The molecule has 1 aromatic heterocycles. The van der Waals surface area contributed by atoms with E-state index in [2.05, 4.69) is 16.5 Å². The Balaban J connectivity index is 2.02. The van der Waals surface area contributed by atoms with Crippen LogP contribution in [-0.2, 0) is 11.2 Å². The number of amides is 1. The number of nitrogen functional groups attached to an aromatic ring is 1. The van der Waals surface area contributed by atoms with Crippen molar-refractivity contribution < 1.29 is 9.18 Å². The molecule has 0 fully saturated rings. The minimum absolute atomic E-state index is 0.00867. The maximum atomic E-state index is 13.1. The van der Waals surface area contributed by atoms with E-state index in [1.54, 1.807) is 12.1 Å². The van der Waals surface area contributed by atoms with Gasteiger partial charge in [-0.1, -0.05) is 20.8 Å². The summed E-state index contributed by atoms with van der Waals surface area (Å²) in [4.78, 5) is 11.8. The molecule has 0 spiro atoms. The molecule has 3 N–H and O–H groups in total. The minimum Gasteiger partial charge on any atom is -0.382 e. The number of hydrogen-bond acceptors (Lipinski definition) is 4. The lowest BCUT2D eigenvalue weighted by Gasteiger charge is -2.17. The van der Waals surface area contributed by atoms with Gasteiger partial charge in [-0.2, -0.15) is 10.4 Å². The first-order chi connectivity index (χ1) is 12.2. The lowest BCUT2D eigenvalue weighted by molar-refractivity contribution is -0.122. The second-order valence-corrected chi connectivity index (χ2v) is 7.40. The van der Waals surface area contributed by atoms with Gasteiger partial charge >= 0.3 is 0 Å². The van der Waals surface area contributed by atoms with Crippen molar-refractivity contribution in [2.24, 2.45) is 5.41 Å². The summed E-state index contributed by atoms with van der Waals surface area (Å²) in [6.45, 7) is 6.53. The van der Waals surface area contributed by atoms with Gasteiger partial charge in [0.25, 0.3) is 0 Å². The highest BCUT2D eigenvalue weighted by molar-refractivity contribution is 5.76. The first-order valence-electron chi connectivity index (χ1n) is 8.51. The fourth-order valence-corrected chi connectivity index (χ4v) is 2.58. The van der Waals surface area contributed by atoms with Crippen LogP contribution in [0.25, 0.3) is 5.69 Å². The molecule has 0 saturated carbocycles. The molecule has 0 aliphatic rings. The van der Waals surface area contributed by atoms with Gasteiger partial charge in [-0.05, 0) is 42.5 Å². The third-order valence-electron chi connectivity index (χ3n) is 3.78. The second-order valence-electron chi connectivity index (χ2n) is 7.40. The van der Waals surface area contributed by atoms with E-state index >= 15 is 0 Å². The molecule has 0 bridgehead atoms. The van der Waals surface area contributed by atoms with Crippen LogP contribution in [0.15, 0.2) is 24.3 Å². The number of rotatable bonds is 6. The Morgan fingerprint density at radius 2 is 2.00 bits per heavy atom. The van der Waals surface area contributed by atoms with Crippen LogP contribution in [0.3, 0.4) is 0 Å². The van der Waals surface area contributed by atoms with E-state index in [0.29, 0.717) is 42.8 Å². The summed E-state index contributed by atoms with van der Waals surface area (Å²) in [5.74, 6) is -0.119. The quantitative estimate of drug-likeness (QED) is 0.777. The number of anilines is 1. The fourth-order valence-electron chi connectivity index (χ4n) is 2.58. The molecule has 0 atom stereocenters. The van der Waals surface area contributed by atoms with Gasteiger partial charge in [0.15, 0.2) is 0 Å². The molecule has 26 heavy (non-hydrogen) atoms. The van der Waals surface area contributed by atoms with E-state index in [1.165, 1.54) is 16.8 Å². The van der Waals surface area contributed by atoms with Crippen molar-refractivity contribution in [2.45, 2.75) is 40.0 Å². The number of benzene rings is 1. The normalized spacial score (nSPS) is 11.2. The Kier molecular flexibility index (Phi) is 5.98. The van der Waals surface area contributed by atoms with Gasteiger partial charge in [-0.25, -0.2) is 9.07 Å². The third kappa shape index (κ3) is 5.06. The summed E-state index contributed by atoms with van der Waals surface area (Å²) in [5.41, 5.74) is 7.44. The Bertz CT molecular complexity index is 812. The minimum atomic E-state index is -0.355. The first kappa shape index (κ1) is 19.4. The number of nitrogens with zero attached hydrogens (tertiary/aromatic N) is 3. The lowest BCUT2D eigenvalue weighted by atomic mass is 9.92. The van der Waals surface area contributed by atoms with Gasteiger partial charge in [-0.15, -0.1) is 0 Å². The average molecular weight is 357 g/mol. The summed E-state index contributed by atoms with van der Waals surface area (Å²) >= 11 is 0. The molecule has 1 aromatic carbocycles. The zero-order valence-corrected chi connectivity index (χ0v) is 15.3. The fraction of sp³-hybridized carbons (Fsp3) is 0.421. The smallest absolute Gasteiger partial charge is 0.220 e. The molecule has 0 aliphatic heterocycles. The van der Waals surface area contributed by atoms with Crippen LogP contribution in [0, 0.1) is 22.6 Å². The summed E-state index contributed by atoms with van der Waals surface area (Å²) < 4.78 is 14.5. The van der Waals surface area contributed by atoms with Gasteiger partial charge in [-0.3, -0.25) is 4.79 Å². The van der Waals surface area contributed by atoms with Crippen molar-refractivity contribution in [1.82, 2.24) is 15.1 Å². The van der Waals surface area contributed by atoms with Crippen molar-refractivity contribution in [3.05, 3.63) is 41.3 Å². The number of hydrogen-bond donors (Lipinski definition) is 2. The molecular formula is C19H24FN5O. The summed E-state index contributed by atoms with van der Waals surface area (Å²) in [6, 6.07) is 7.81. The first-order valence-corrected chi connectivity index (χ1v) is 8.51. The van der Waals surface area contributed by atoms with E-state index in [9.17, 15) is 14.4 Å². The molecule has 2 aromatic rings. The van der Waals surface area contributed by atoms with Gasteiger partial charge < -0.3 is 11.1 Å². The maximum absolute atomic E-state index is 13.1. The van der Waals surface area contributed by atoms with Crippen molar-refractivity contribution in [2.75, 3.05) is 12.3 Å². The molecule has 0 saturated heterocycles. The Morgan fingerprint density at radius 3 is 2.58 bits per heavy atom. The van der Waals surface area contributed by atoms with Crippen molar-refractivity contribution in [1.29, 1.82) is 5.26 Å². The highest BCUT2D eigenvalue weighted by atomic mass is 19.1. The summed E-state index contributed by atoms with van der Waals surface area (Å²) in [7, 11) is 0. The number of nitriles is 1. The zero-order valence-electron chi connectivity index (χ0n) is 15.3. The molecule has 6 nitrogen and oxygen atoms in total. The Morgan fingerprint density at radius 1 is 1.35 bits per heavy atom. The van der Waals surface area contributed by atoms with Crippen LogP contribution >= 0.6 is 0 Å².